The maximum Gasteiger partial charge on any atom is 0.227 e. The van der Waals surface area contributed by atoms with Crippen molar-refractivity contribution in [1.82, 2.24) is 20.3 Å². The molecule has 3 rings (SSSR count). The molecule has 122 valence electrons. The van der Waals surface area contributed by atoms with Gasteiger partial charge in [0.05, 0.1) is 18.3 Å². The van der Waals surface area contributed by atoms with Crippen LogP contribution in [0.4, 0.5) is 11.8 Å². The molecule has 0 spiro atoms. The van der Waals surface area contributed by atoms with Crippen molar-refractivity contribution in [3.8, 4) is 0 Å². The number of nitrogens with one attached hydrogen (secondary N) is 2. The largest absolute Gasteiger partial charge is 0.394 e. The second-order valence-corrected chi connectivity index (χ2v) is 5.78. The molecular formula is C16H22N6O. The van der Waals surface area contributed by atoms with Crippen molar-refractivity contribution in [3.05, 3.63) is 41.3 Å². The Morgan fingerprint density at radius 2 is 2.26 bits per heavy atom. The highest BCUT2D eigenvalue weighted by atomic mass is 16.3. The first kappa shape index (κ1) is 15.6. The average molecular weight is 314 g/mol. The Morgan fingerprint density at radius 3 is 2.96 bits per heavy atom. The van der Waals surface area contributed by atoms with Crippen molar-refractivity contribution in [2.45, 2.75) is 19.0 Å². The number of aliphatic hydroxyl groups is 1. The first-order valence-corrected chi connectivity index (χ1v) is 7.74. The van der Waals surface area contributed by atoms with Crippen LogP contribution >= 0.6 is 0 Å². The predicted molar refractivity (Wildman–Crippen MR) is 89.5 cm³/mol. The molecule has 1 atom stereocenters. The monoisotopic (exact) mass is 314 g/mol. The molecule has 0 aromatic carbocycles. The summed E-state index contributed by atoms with van der Waals surface area (Å²) in [6, 6.07) is 3.57. The minimum atomic E-state index is -0.243. The van der Waals surface area contributed by atoms with E-state index in [4.69, 9.17) is 0 Å². The molecular weight excluding hydrogens is 292 g/mol. The lowest BCUT2D eigenvalue weighted by molar-refractivity contribution is 0.276. The van der Waals surface area contributed by atoms with E-state index in [1.54, 1.807) is 12.4 Å². The standard InChI is InChI=1S/C16H22N6O/c1-22(2)16-20-13-9-18-7-5-12(13)15(21-16)19-14(10-23)11-4-3-6-17-8-11/h3-4,6,8,14,18,23H,5,7,9-10H2,1-2H3,(H,19,20,21). The number of nitrogens with zero attached hydrogens (tertiary/aromatic N) is 4. The second-order valence-electron chi connectivity index (χ2n) is 5.78. The molecule has 7 heteroatoms. The summed E-state index contributed by atoms with van der Waals surface area (Å²) in [5.74, 6) is 1.46. The number of fused-ring (bicyclic) bond motifs is 1. The minimum Gasteiger partial charge on any atom is -0.394 e. The Balaban J connectivity index is 1.96. The summed E-state index contributed by atoms with van der Waals surface area (Å²) in [6.45, 7) is 1.62. The lowest BCUT2D eigenvalue weighted by Gasteiger charge is -2.25. The molecule has 0 radical (unpaired) electrons. The van der Waals surface area contributed by atoms with Crippen molar-refractivity contribution in [2.75, 3.05) is 37.5 Å². The highest BCUT2D eigenvalue weighted by Crippen LogP contribution is 2.26. The fraction of sp³-hybridized carbons (Fsp3) is 0.438. The van der Waals surface area contributed by atoms with Gasteiger partial charge < -0.3 is 20.6 Å². The normalized spacial score (nSPS) is 14.9. The van der Waals surface area contributed by atoms with Crippen molar-refractivity contribution in [2.24, 2.45) is 0 Å². The first-order valence-electron chi connectivity index (χ1n) is 7.74. The Hall–Kier alpha value is -2.25. The summed E-state index contributed by atoms with van der Waals surface area (Å²) in [4.78, 5) is 15.3. The number of rotatable bonds is 5. The Bertz CT molecular complexity index is 661. The number of pyridine rings is 1. The Labute approximate surface area is 135 Å². The summed E-state index contributed by atoms with van der Waals surface area (Å²) in [6.07, 6.45) is 4.35. The van der Waals surface area contributed by atoms with Crippen LogP contribution in [0.15, 0.2) is 24.5 Å². The minimum absolute atomic E-state index is 0.0278. The zero-order valence-corrected chi connectivity index (χ0v) is 13.5. The maximum absolute atomic E-state index is 9.77. The maximum atomic E-state index is 9.77. The van der Waals surface area contributed by atoms with E-state index in [2.05, 4.69) is 25.6 Å². The van der Waals surface area contributed by atoms with Gasteiger partial charge in [-0.05, 0) is 24.6 Å². The van der Waals surface area contributed by atoms with E-state index in [1.165, 1.54) is 0 Å². The van der Waals surface area contributed by atoms with Gasteiger partial charge in [-0.25, -0.2) is 4.98 Å². The summed E-state index contributed by atoms with van der Waals surface area (Å²) >= 11 is 0. The molecule has 2 aromatic rings. The van der Waals surface area contributed by atoms with Crippen molar-refractivity contribution < 1.29 is 5.11 Å². The summed E-state index contributed by atoms with van der Waals surface area (Å²) in [5, 5.41) is 16.5. The molecule has 23 heavy (non-hydrogen) atoms. The van der Waals surface area contributed by atoms with E-state index in [0.717, 1.165) is 42.1 Å². The summed E-state index contributed by atoms with van der Waals surface area (Å²) in [7, 11) is 3.85. The number of anilines is 2. The fourth-order valence-corrected chi connectivity index (χ4v) is 2.65. The molecule has 0 fully saturated rings. The Morgan fingerprint density at radius 1 is 1.39 bits per heavy atom. The fourth-order valence-electron chi connectivity index (χ4n) is 2.65. The topological polar surface area (TPSA) is 86.2 Å². The van der Waals surface area contributed by atoms with Crippen LogP contribution in [-0.2, 0) is 13.0 Å². The smallest absolute Gasteiger partial charge is 0.227 e. The quantitative estimate of drug-likeness (QED) is 0.750. The molecule has 2 aromatic heterocycles. The third kappa shape index (κ3) is 3.40. The highest BCUT2D eigenvalue weighted by Gasteiger charge is 2.21. The number of aliphatic hydroxyl groups excluding tert-OH is 1. The van der Waals surface area contributed by atoms with E-state index >= 15 is 0 Å². The van der Waals surface area contributed by atoms with Gasteiger partial charge in [0, 0.05) is 38.6 Å². The lowest BCUT2D eigenvalue weighted by atomic mass is 10.1. The average Bonchev–Trinajstić information content (AvgIpc) is 2.60. The molecule has 0 amide bonds. The van der Waals surface area contributed by atoms with Crippen LogP contribution in [0.1, 0.15) is 22.9 Å². The molecule has 0 saturated carbocycles. The molecule has 1 aliphatic heterocycles. The molecule has 1 unspecified atom stereocenters. The van der Waals surface area contributed by atoms with E-state index in [-0.39, 0.29) is 12.6 Å². The van der Waals surface area contributed by atoms with Crippen molar-refractivity contribution in [1.29, 1.82) is 0 Å². The van der Waals surface area contributed by atoms with Gasteiger partial charge in [-0.1, -0.05) is 6.07 Å². The molecule has 0 saturated heterocycles. The van der Waals surface area contributed by atoms with Crippen LogP contribution < -0.4 is 15.5 Å². The van der Waals surface area contributed by atoms with E-state index in [9.17, 15) is 5.11 Å². The third-order valence-electron chi connectivity index (χ3n) is 3.91. The lowest BCUT2D eigenvalue weighted by Crippen LogP contribution is -2.28. The zero-order valence-electron chi connectivity index (χ0n) is 13.5. The molecule has 3 heterocycles. The molecule has 1 aliphatic rings. The predicted octanol–water partition coefficient (Wildman–Crippen LogP) is 0.729. The third-order valence-corrected chi connectivity index (χ3v) is 3.91. The van der Waals surface area contributed by atoms with Gasteiger partial charge >= 0.3 is 0 Å². The first-order chi connectivity index (χ1) is 11.2. The van der Waals surface area contributed by atoms with Gasteiger partial charge in [-0.2, -0.15) is 4.98 Å². The van der Waals surface area contributed by atoms with E-state index < -0.39 is 0 Å². The van der Waals surface area contributed by atoms with Crippen LogP contribution in [0.25, 0.3) is 0 Å². The SMILES string of the molecule is CN(C)c1nc2c(c(NC(CO)c3cccnc3)n1)CCNC2. The van der Waals surface area contributed by atoms with Crippen molar-refractivity contribution in [3.63, 3.8) is 0 Å². The van der Waals surface area contributed by atoms with Crippen LogP contribution in [0.2, 0.25) is 0 Å². The van der Waals surface area contributed by atoms with Gasteiger partial charge in [0.25, 0.3) is 0 Å². The number of aromatic nitrogens is 3. The molecule has 7 nitrogen and oxygen atoms in total. The molecule has 0 bridgehead atoms. The van der Waals surface area contributed by atoms with Crippen LogP contribution in [0, 0.1) is 0 Å². The van der Waals surface area contributed by atoms with Gasteiger partial charge in [-0.3, -0.25) is 4.98 Å². The number of hydrogen-bond acceptors (Lipinski definition) is 7. The Kier molecular flexibility index (Phi) is 4.68. The molecule has 3 N–H and O–H groups in total. The highest BCUT2D eigenvalue weighted by molar-refractivity contribution is 5.53. The molecule has 0 aliphatic carbocycles. The van der Waals surface area contributed by atoms with Crippen LogP contribution in [0.3, 0.4) is 0 Å². The van der Waals surface area contributed by atoms with E-state index in [1.807, 2.05) is 31.1 Å². The summed E-state index contributed by atoms with van der Waals surface area (Å²) in [5.41, 5.74) is 3.07. The van der Waals surface area contributed by atoms with Gasteiger partial charge in [0.2, 0.25) is 5.95 Å². The zero-order chi connectivity index (χ0) is 16.2. The van der Waals surface area contributed by atoms with Gasteiger partial charge in [0.1, 0.15) is 5.82 Å². The van der Waals surface area contributed by atoms with Gasteiger partial charge in [-0.15, -0.1) is 0 Å². The van der Waals surface area contributed by atoms with Gasteiger partial charge in [0.15, 0.2) is 0 Å². The number of hydrogen-bond donors (Lipinski definition) is 3. The van der Waals surface area contributed by atoms with E-state index in [0.29, 0.717) is 5.95 Å². The second kappa shape index (κ2) is 6.89. The van der Waals surface area contributed by atoms with Crippen molar-refractivity contribution >= 4 is 11.8 Å². The summed E-state index contributed by atoms with van der Waals surface area (Å²) < 4.78 is 0. The van der Waals surface area contributed by atoms with Crippen LogP contribution in [-0.4, -0.2) is 47.3 Å². The van der Waals surface area contributed by atoms with Crippen LogP contribution in [0.5, 0.6) is 0 Å².